The van der Waals surface area contributed by atoms with Crippen LogP contribution in [-0.2, 0) is 6.54 Å². The Hall–Kier alpha value is -1.07. The zero-order valence-corrected chi connectivity index (χ0v) is 14.2. The van der Waals surface area contributed by atoms with E-state index in [0.717, 1.165) is 31.8 Å². The molecule has 2 N–H and O–H groups in total. The van der Waals surface area contributed by atoms with Crippen LogP contribution in [0.3, 0.4) is 0 Å². The lowest BCUT2D eigenvalue weighted by atomic mass is 10.1. The predicted octanol–water partition coefficient (Wildman–Crippen LogP) is 4.02. The lowest BCUT2D eigenvalue weighted by Crippen LogP contribution is -2.21. The summed E-state index contributed by atoms with van der Waals surface area (Å²) < 4.78 is 19.3. The number of hydrogen-bond donors (Lipinski definition) is 2. The van der Waals surface area contributed by atoms with Crippen LogP contribution in [0.5, 0.6) is 0 Å². The minimum atomic E-state index is -0.257. The highest BCUT2D eigenvalue weighted by molar-refractivity contribution is 5.85. The molecule has 0 unspecified atom stereocenters. The van der Waals surface area contributed by atoms with Gasteiger partial charge in [-0.15, -0.1) is 24.8 Å². The summed E-state index contributed by atoms with van der Waals surface area (Å²) in [7, 11) is 0. The molecule has 1 aromatic heterocycles. The van der Waals surface area contributed by atoms with Gasteiger partial charge in [0, 0.05) is 0 Å². The van der Waals surface area contributed by atoms with Gasteiger partial charge in [0.2, 0.25) is 0 Å². The van der Waals surface area contributed by atoms with Crippen LogP contribution in [0.1, 0.15) is 19.1 Å². The van der Waals surface area contributed by atoms with E-state index in [1.807, 2.05) is 12.1 Å². The first-order valence-corrected chi connectivity index (χ1v) is 7.06. The van der Waals surface area contributed by atoms with Crippen LogP contribution in [-0.4, -0.2) is 19.6 Å². The maximum atomic E-state index is 13.6. The fraction of sp³-hybridized carbons (Fsp3) is 0.375. The standard InChI is InChI=1S/C16H21FN2O.2ClH/c1-2-18-10-5-11-19-12-13-8-9-16(20-13)14-6-3-4-7-15(14)17;;/h3-4,6-9,18-19H,2,5,10-12H2,1H3;2*1H. The Morgan fingerprint density at radius 1 is 1.00 bits per heavy atom. The van der Waals surface area contributed by atoms with Crippen molar-refractivity contribution in [1.82, 2.24) is 10.6 Å². The quantitative estimate of drug-likeness (QED) is 0.707. The van der Waals surface area contributed by atoms with Gasteiger partial charge in [-0.25, -0.2) is 4.39 Å². The van der Waals surface area contributed by atoms with Crippen LogP contribution in [0.2, 0.25) is 0 Å². The van der Waals surface area contributed by atoms with Crippen molar-refractivity contribution >= 4 is 24.8 Å². The molecule has 0 aliphatic carbocycles. The summed E-state index contributed by atoms with van der Waals surface area (Å²) in [5, 5.41) is 6.59. The van der Waals surface area contributed by atoms with Crippen LogP contribution in [0, 0.1) is 5.82 Å². The number of rotatable bonds is 8. The molecule has 124 valence electrons. The Morgan fingerprint density at radius 3 is 2.45 bits per heavy atom. The van der Waals surface area contributed by atoms with Gasteiger partial charge in [0.1, 0.15) is 17.3 Å². The summed E-state index contributed by atoms with van der Waals surface area (Å²) in [5.74, 6) is 1.14. The first-order valence-electron chi connectivity index (χ1n) is 7.06. The summed E-state index contributed by atoms with van der Waals surface area (Å²) in [4.78, 5) is 0. The minimum absolute atomic E-state index is 0. The van der Waals surface area contributed by atoms with Crippen molar-refractivity contribution in [3.05, 3.63) is 48.0 Å². The Balaban J connectivity index is 0.00000220. The van der Waals surface area contributed by atoms with Gasteiger partial charge >= 0.3 is 0 Å². The highest BCUT2D eigenvalue weighted by Gasteiger charge is 2.08. The monoisotopic (exact) mass is 348 g/mol. The molecule has 2 aromatic rings. The second kappa shape index (κ2) is 11.5. The molecule has 2 rings (SSSR count). The van der Waals surface area contributed by atoms with Gasteiger partial charge in [-0.05, 0) is 50.3 Å². The zero-order chi connectivity index (χ0) is 14.2. The lowest BCUT2D eigenvalue weighted by Gasteiger charge is -2.03. The fourth-order valence-corrected chi connectivity index (χ4v) is 2.01. The van der Waals surface area contributed by atoms with Crippen LogP contribution in [0.15, 0.2) is 40.8 Å². The van der Waals surface area contributed by atoms with Crippen molar-refractivity contribution in [2.75, 3.05) is 19.6 Å². The molecule has 0 fully saturated rings. The van der Waals surface area contributed by atoms with E-state index in [0.29, 0.717) is 17.9 Å². The number of nitrogens with one attached hydrogen (secondary N) is 2. The molecular formula is C16H23Cl2FN2O. The molecule has 0 bridgehead atoms. The van der Waals surface area contributed by atoms with Crippen molar-refractivity contribution in [1.29, 1.82) is 0 Å². The fourth-order valence-electron chi connectivity index (χ4n) is 2.01. The molecule has 1 heterocycles. The normalized spacial score (nSPS) is 9.91. The van der Waals surface area contributed by atoms with Gasteiger partial charge in [-0.2, -0.15) is 0 Å². The topological polar surface area (TPSA) is 37.2 Å². The van der Waals surface area contributed by atoms with E-state index in [2.05, 4.69) is 17.6 Å². The molecule has 6 heteroatoms. The molecule has 0 amide bonds. The third-order valence-corrected chi connectivity index (χ3v) is 3.06. The second-order valence-corrected chi connectivity index (χ2v) is 4.63. The third-order valence-electron chi connectivity index (χ3n) is 3.06. The van der Waals surface area contributed by atoms with E-state index < -0.39 is 0 Å². The molecule has 0 saturated carbocycles. The largest absolute Gasteiger partial charge is 0.460 e. The average molecular weight is 349 g/mol. The molecule has 0 aliphatic rings. The van der Waals surface area contributed by atoms with Crippen molar-refractivity contribution in [3.63, 3.8) is 0 Å². The summed E-state index contributed by atoms with van der Waals surface area (Å²) in [6.45, 7) is 5.72. The lowest BCUT2D eigenvalue weighted by molar-refractivity contribution is 0.486. The molecule has 0 radical (unpaired) electrons. The van der Waals surface area contributed by atoms with Crippen molar-refractivity contribution in [2.45, 2.75) is 19.9 Å². The summed E-state index contributed by atoms with van der Waals surface area (Å²) >= 11 is 0. The Morgan fingerprint density at radius 2 is 1.73 bits per heavy atom. The average Bonchev–Trinajstić information content (AvgIpc) is 2.92. The van der Waals surface area contributed by atoms with Gasteiger partial charge in [-0.1, -0.05) is 19.1 Å². The van der Waals surface area contributed by atoms with Crippen LogP contribution in [0.4, 0.5) is 4.39 Å². The molecule has 0 aliphatic heterocycles. The van der Waals surface area contributed by atoms with Crippen molar-refractivity contribution in [3.8, 4) is 11.3 Å². The van der Waals surface area contributed by atoms with E-state index in [9.17, 15) is 4.39 Å². The van der Waals surface area contributed by atoms with E-state index >= 15 is 0 Å². The summed E-state index contributed by atoms with van der Waals surface area (Å²) in [6, 6.07) is 10.3. The number of furan rings is 1. The number of hydrogen-bond acceptors (Lipinski definition) is 3. The van der Waals surface area contributed by atoms with Crippen molar-refractivity contribution < 1.29 is 8.81 Å². The molecule has 0 spiro atoms. The maximum Gasteiger partial charge on any atom is 0.137 e. The van der Waals surface area contributed by atoms with E-state index in [1.165, 1.54) is 6.07 Å². The summed E-state index contributed by atoms with van der Waals surface area (Å²) in [6.07, 6.45) is 1.08. The van der Waals surface area contributed by atoms with Crippen LogP contribution in [0.25, 0.3) is 11.3 Å². The molecule has 0 saturated heterocycles. The van der Waals surface area contributed by atoms with Crippen LogP contribution >= 0.6 is 24.8 Å². The van der Waals surface area contributed by atoms with Gasteiger partial charge < -0.3 is 15.1 Å². The van der Waals surface area contributed by atoms with E-state index in [1.54, 1.807) is 18.2 Å². The van der Waals surface area contributed by atoms with Gasteiger partial charge in [0.05, 0.1) is 12.1 Å². The Kier molecular flexibility index (Phi) is 10.9. The second-order valence-electron chi connectivity index (χ2n) is 4.63. The predicted molar refractivity (Wildman–Crippen MR) is 93.5 cm³/mol. The molecule has 1 aromatic carbocycles. The highest BCUT2D eigenvalue weighted by atomic mass is 35.5. The Labute approximate surface area is 143 Å². The van der Waals surface area contributed by atoms with Crippen molar-refractivity contribution in [2.24, 2.45) is 0 Å². The van der Waals surface area contributed by atoms with Gasteiger partial charge in [0.25, 0.3) is 0 Å². The number of benzene rings is 1. The van der Waals surface area contributed by atoms with E-state index in [4.69, 9.17) is 4.42 Å². The number of halogens is 3. The molecule has 3 nitrogen and oxygen atoms in total. The van der Waals surface area contributed by atoms with E-state index in [-0.39, 0.29) is 30.6 Å². The zero-order valence-electron chi connectivity index (χ0n) is 12.6. The Bertz CT molecular complexity index is 534. The van der Waals surface area contributed by atoms with Crippen LogP contribution < -0.4 is 10.6 Å². The maximum absolute atomic E-state index is 13.6. The third kappa shape index (κ3) is 6.36. The molecule has 22 heavy (non-hydrogen) atoms. The highest BCUT2D eigenvalue weighted by Crippen LogP contribution is 2.24. The minimum Gasteiger partial charge on any atom is -0.460 e. The summed E-state index contributed by atoms with van der Waals surface area (Å²) in [5.41, 5.74) is 0.505. The van der Waals surface area contributed by atoms with Gasteiger partial charge in [0.15, 0.2) is 0 Å². The molecule has 0 atom stereocenters. The first-order chi connectivity index (χ1) is 9.81. The first kappa shape index (κ1) is 20.9. The SMILES string of the molecule is CCNCCCNCc1ccc(-c2ccccc2F)o1.Cl.Cl. The molecular weight excluding hydrogens is 326 g/mol. The van der Waals surface area contributed by atoms with Gasteiger partial charge in [-0.3, -0.25) is 0 Å². The smallest absolute Gasteiger partial charge is 0.137 e.